The van der Waals surface area contributed by atoms with E-state index in [-0.39, 0.29) is 17.3 Å². The quantitative estimate of drug-likeness (QED) is 0.543. The molecule has 10 heteroatoms. The van der Waals surface area contributed by atoms with E-state index in [9.17, 15) is 19.2 Å². The molecule has 2 heterocycles. The van der Waals surface area contributed by atoms with Crippen LogP contribution >= 0.6 is 0 Å². The fourth-order valence-electron chi connectivity index (χ4n) is 1.86. The molecule has 0 aromatic rings. The molecule has 109 valence electrons. The number of hydrogen-bond donors (Lipinski definition) is 2. The summed E-state index contributed by atoms with van der Waals surface area (Å²) >= 11 is -1.28. The summed E-state index contributed by atoms with van der Waals surface area (Å²) in [5.74, 6) is -1.57. The summed E-state index contributed by atoms with van der Waals surface area (Å²) in [7, 11) is 0. The third kappa shape index (κ3) is 4.19. The number of carbonyl (C=O) groups excluding carboxylic acids is 4. The van der Waals surface area contributed by atoms with Crippen LogP contribution in [0.4, 0.5) is 0 Å². The van der Waals surface area contributed by atoms with Crippen molar-refractivity contribution in [1.29, 1.82) is 0 Å². The second kappa shape index (κ2) is 7.23. The van der Waals surface area contributed by atoms with E-state index >= 15 is 0 Å². The molecule has 20 heavy (non-hydrogen) atoms. The second-order valence-electron chi connectivity index (χ2n) is 4.29. The van der Waals surface area contributed by atoms with E-state index in [0.717, 1.165) is 0 Å². The highest BCUT2D eigenvalue weighted by Crippen LogP contribution is 2.09. The fraction of sp³-hybridized carbons (Fsp3) is 0.600. The molecular weight excluding hydrogens is 287 g/mol. The van der Waals surface area contributed by atoms with Gasteiger partial charge in [0.25, 0.3) is 11.9 Å². The summed E-state index contributed by atoms with van der Waals surface area (Å²) in [6.45, 7) is 0. The molecule has 9 nitrogen and oxygen atoms in total. The summed E-state index contributed by atoms with van der Waals surface area (Å²) in [5, 5.41) is 4.91. The molecule has 2 saturated heterocycles. The van der Waals surface area contributed by atoms with Gasteiger partial charge in [-0.15, -0.1) is 0 Å². The summed E-state index contributed by atoms with van der Waals surface area (Å²) in [6.07, 6.45) is 1.37. The molecule has 0 spiro atoms. The fourth-order valence-corrected chi connectivity index (χ4v) is 2.43. The van der Waals surface area contributed by atoms with E-state index in [0.29, 0.717) is 25.7 Å². The molecule has 2 amide bonds. The van der Waals surface area contributed by atoms with Crippen LogP contribution in [0.15, 0.2) is 0 Å². The third-order valence-corrected chi connectivity index (χ3v) is 3.55. The van der Waals surface area contributed by atoms with Gasteiger partial charge in [0, 0.05) is 12.8 Å². The van der Waals surface area contributed by atoms with Gasteiger partial charge in [0.15, 0.2) is 0 Å². The highest BCUT2D eigenvalue weighted by molar-refractivity contribution is 6.26. The standard InChI is InChI=1S/2C5H7NO3.Al.H2O/c2*7-4-2-1-3(6-4)5(8)9;;/h2*3H,1-2H2,(H,6,7)(H,8,9);;1H2/q;;+2;/p-2/t2*3-;;/m00../s1. The predicted octanol–water partition coefficient (Wildman–Crippen LogP) is -2.66. The van der Waals surface area contributed by atoms with Crippen LogP contribution < -0.4 is 10.6 Å². The van der Waals surface area contributed by atoms with Crippen molar-refractivity contribution in [2.75, 3.05) is 0 Å². The monoisotopic (exact) mass is 301 g/mol. The van der Waals surface area contributed by atoms with Gasteiger partial charge in [-0.25, -0.2) is 0 Å². The van der Waals surface area contributed by atoms with Crippen LogP contribution in [0.25, 0.3) is 0 Å². The molecule has 2 rings (SSSR count). The van der Waals surface area contributed by atoms with Gasteiger partial charge in [0.05, 0.1) is 0 Å². The first-order valence-corrected chi connectivity index (χ1v) is 6.82. The topological polar surface area (TPSA) is 142 Å². The number of nitrogens with one attached hydrogen (secondary N) is 2. The second-order valence-corrected chi connectivity index (χ2v) is 4.95. The zero-order valence-electron chi connectivity index (χ0n) is 10.5. The van der Waals surface area contributed by atoms with Gasteiger partial charge >= 0.3 is 15.9 Å². The molecule has 0 saturated carbocycles. The molecule has 0 bridgehead atoms. The van der Waals surface area contributed by atoms with E-state index in [1.165, 1.54) is 0 Å². The first-order chi connectivity index (χ1) is 9.06. The first-order valence-electron chi connectivity index (χ1n) is 5.87. The van der Waals surface area contributed by atoms with Crippen LogP contribution in [-0.4, -0.2) is 57.2 Å². The van der Waals surface area contributed by atoms with Crippen molar-refractivity contribution in [2.45, 2.75) is 37.8 Å². The van der Waals surface area contributed by atoms with Gasteiger partial charge < -0.3 is 23.7 Å². The normalized spacial score (nSPS) is 24.2. The molecule has 2 aliphatic rings. The minimum atomic E-state index is -1.28. The smallest absolute Gasteiger partial charge is 0.588 e. The first kappa shape index (κ1) is 16.4. The van der Waals surface area contributed by atoms with Crippen molar-refractivity contribution in [2.24, 2.45) is 0 Å². The largest absolute Gasteiger partial charge is 0.885 e. The Labute approximate surface area is 121 Å². The molecule has 2 aliphatic heterocycles. The Morgan fingerprint density at radius 1 is 0.950 bits per heavy atom. The molecule has 1 radical (unpaired) electrons. The van der Waals surface area contributed by atoms with Gasteiger partial charge in [-0.2, -0.15) is 0 Å². The third-order valence-electron chi connectivity index (χ3n) is 2.89. The highest BCUT2D eigenvalue weighted by atomic mass is 27.2. The van der Waals surface area contributed by atoms with Crippen LogP contribution in [0.5, 0.6) is 0 Å². The molecule has 0 aromatic heterocycles. The summed E-state index contributed by atoms with van der Waals surface area (Å²) < 4.78 is 9.61. The maximum Gasteiger partial charge on any atom is 0.885 e. The van der Waals surface area contributed by atoms with Crippen LogP contribution in [0, 0.1) is 0 Å². The molecule has 0 unspecified atom stereocenters. The Kier molecular flexibility index (Phi) is 5.94. The Bertz CT molecular complexity index is 390. The van der Waals surface area contributed by atoms with Crippen molar-refractivity contribution in [3.63, 3.8) is 0 Å². The van der Waals surface area contributed by atoms with E-state index in [2.05, 4.69) is 10.6 Å². The van der Waals surface area contributed by atoms with Crippen molar-refractivity contribution in [3.05, 3.63) is 0 Å². The summed E-state index contributed by atoms with van der Waals surface area (Å²) in [4.78, 5) is 44.8. The number of carbonyl (C=O) groups is 4. The molecule has 2 atom stereocenters. The summed E-state index contributed by atoms with van der Waals surface area (Å²) in [5.41, 5.74) is 0. The molecule has 2 fully saturated rings. The Morgan fingerprint density at radius 2 is 1.35 bits per heavy atom. The molecular formula is C10H14AlN2O7. The van der Waals surface area contributed by atoms with Crippen LogP contribution in [0.3, 0.4) is 0 Å². The van der Waals surface area contributed by atoms with Crippen molar-refractivity contribution >= 4 is 39.6 Å². The average molecular weight is 301 g/mol. The van der Waals surface area contributed by atoms with E-state index in [1.54, 1.807) is 0 Å². The molecule has 4 N–H and O–H groups in total. The lowest BCUT2D eigenvalue weighted by atomic mass is 10.2. The maximum absolute atomic E-state index is 11.5. The molecule has 0 aliphatic carbocycles. The van der Waals surface area contributed by atoms with E-state index < -0.39 is 39.9 Å². The van der Waals surface area contributed by atoms with Crippen LogP contribution in [0.2, 0.25) is 0 Å². The van der Waals surface area contributed by atoms with Gasteiger partial charge in [-0.3, -0.25) is 19.2 Å². The average Bonchev–Trinajstić information content (AvgIpc) is 2.98. The van der Waals surface area contributed by atoms with Crippen LogP contribution in [-0.2, 0) is 26.8 Å². The van der Waals surface area contributed by atoms with Crippen molar-refractivity contribution < 1.29 is 32.2 Å². The lowest BCUT2D eigenvalue weighted by molar-refractivity contribution is -0.142. The zero-order valence-corrected chi connectivity index (χ0v) is 11.7. The maximum atomic E-state index is 11.5. The summed E-state index contributed by atoms with van der Waals surface area (Å²) in [6, 6.07) is -1.30. The lowest BCUT2D eigenvalue weighted by Gasteiger charge is -2.12. The number of hydrogen-bond acceptors (Lipinski definition) is 6. The molecule has 0 aromatic carbocycles. The van der Waals surface area contributed by atoms with Gasteiger partial charge in [0.2, 0.25) is 11.8 Å². The SMILES string of the molecule is O.O=C1CC[C@@H](C(=O)[O][Al][O]C(=O)[C@@H]2CCC(=O)N2)N1. The van der Waals surface area contributed by atoms with E-state index in [1.807, 2.05) is 0 Å². The lowest BCUT2D eigenvalue weighted by Crippen LogP contribution is -2.38. The van der Waals surface area contributed by atoms with Gasteiger partial charge in [0.1, 0.15) is 12.1 Å². The predicted molar refractivity (Wildman–Crippen MR) is 63.9 cm³/mol. The van der Waals surface area contributed by atoms with Crippen molar-refractivity contribution in [3.8, 4) is 0 Å². The zero-order chi connectivity index (χ0) is 13.8. The van der Waals surface area contributed by atoms with Crippen molar-refractivity contribution in [1.82, 2.24) is 10.6 Å². The Balaban J connectivity index is 0.00000200. The van der Waals surface area contributed by atoms with E-state index in [4.69, 9.17) is 7.58 Å². The Morgan fingerprint density at radius 3 is 1.65 bits per heavy atom. The Hall–Kier alpha value is -1.63. The highest BCUT2D eigenvalue weighted by Gasteiger charge is 2.32. The minimum Gasteiger partial charge on any atom is -0.588 e. The van der Waals surface area contributed by atoms with Gasteiger partial charge in [-0.1, -0.05) is 0 Å². The number of rotatable bonds is 4. The van der Waals surface area contributed by atoms with Gasteiger partial charge in [-0.05, 0) is 12.8 Å². The minimum absolute atomic E-state index is 0. The van der Waals surface area contributed by atoms with Crippen LogP contribution in [0.1, 0.15) is 25.7 Å². The number of amides is 2.